The van der Waals surface area contributed by atoms with Crippen LogP contribution in [0.1, 0.15) is 57.8 Å². The largest absolute Gasteiger partial charge is 0.481 e. The predicted octanol–water partition coefficient (Wildman–Crippen LogP) is 1.47. The molecule has 0 radical (unpaired) electrons. The number of urea groups is 1. The number of carboxylic acid groups (broad SMARTS) is 1. The normalized spacial score (nSPS) is 39.1. The van der Waals surface area contributed by atoms with E-state index in [2.05, 4.69) is 10.6 Å². The summed E-state index contributed by atoms with van der Waals surface area (Å²) in [5.41, 5.74) is -0.878. The van der Waals surface area contributed by atoms with Gasteiger partial charge in [0.2, 0.25) is 5.91 Å². The molecule has 1 aliphatic heterocycles. The number of piperidine rings is 1. The highest BCUT2D eigenvalue weighted by molar-refractivity contribution is 5.83. The molecule has 5 rings (SSSR count). The van der Waals surface area contributed by atoms with Gasteiger partial charge in [-0.1, -0.05) is 0 Å². The van der Waals surface area contributed by atoms with E-state index in [0.29, 0.717) is 19.3 Å². The molecule has 25 heavy (non-hydrogen) atoms. The van der Waals surface area contributed by atoms with E-state index in [1.54, 1.807) is 0 Å². The first-order chi connectivity index (χ1) is 11.9. The Morgan fingerprint density at radius 1 is 1.00 bits per heavy atom. The summed E-state index contributed by atoms with van der Waals surface area (Å²) in [5, 5.41) is 15.1. The average Bonchev–Trinajstić information content (AvgIpc) is 2.97. The lowest BCUT2D eigenvalue weighted by Gasteiger charge is -2.67. The van der Waals surface area contributed by atoms with E-state index in [9.17, 15) is 14.4 Å². The van der Waals surface area contributed by atoms with Crippen molar-refractivity contribution in [1.29, 1.82) is 0 Å². The molecule has 1 saturated heterocycles. The van der Waals surface area contributed by atoms with Crippen LogP contribution in [0.15, 0.2) is 0 Å². The van der Waals surface area contributed by atoms with Crippen molar-refractivity contribution in [2.75, 3.05) is 13.1 Å². The number of amides is 3. The first-order valence-corrected chi connectivity index (χ1v) is 9.52. The van der Waals surface area contributed by atoms with Crippen LogP contribution in [0.2, 0.25) is 0 Å². The maximum Gasteiger partial charge on any atom is 0.315 e. The lowest BCUT2D eigenvalue weighted by atomic mass is 9.39. The van der Waals surface area contributed by atoms with E-state index >= 15 is 0 Å². The molecular formula is C18H27N3O4. The molecule has 5 fully saturated rings. The SMILES string of the molecule is O=C(N[C@@H]1CC[C@H](C(=O)N2CCCCC2)C1)NC12CC(C(=O)O)(C1)C2. The first kappa shape index (κ1) is 16.7. The summed E-state index contributed by atoms with van der Waals surface area (Å²) in [7, 11) is 0. The van der Waals surface area contributed by atoms with Crippen molar-refractivity contribution in [3.8, 4) is 0 Å². The zero-order chi connectivity index (χ0) is 17.7. The Kier molecular flexibility index (Phi) is 3.92. The maximum absolute atomic E-state index is 12.6. The number of aliphatic carboxylic acids is 1. The van der Waals surface area contributed by atoms with Gasteiger partial charge >= 0.3 is 12.0 Å². The Morgan fingerprint density at radius 3 is 2.32 bits per heavy atom. The monoisotopic (exact) mass is 349 g/mol. The number of hydrogen-bond donors (Lipinski definition) is 3. The van der Waals surface area contributed by atoms with E-state index in [1.165, 1.54) is 6.42 Å². The molecule has 138 valence electrons. The van der Waals surface area contributed by atoms with E-state index in [0.717, 1.165) is 45.2 Å². The zero-order valence-corrected chi connectivity index (χ0v) is 14.6. The molecule has 7 nitrogen and oxygen atoms in total. The fourth-order valence-corrected chi connectivity index (χ4v) is 5.32. The van der Waals surface area contributed by atoms with Gasteiger partial charge < -0.3 is 20.6 Å². The average molecular weight is 349 g/mol. The van der Waals surface area contributed by atoms with Crippen LogP contribution in [-0.2, 0) is 9.59 Å². The number of carbonyl (C=O) groups excluding carboxylic acids is 2. The third-order valence-electron chi connectivity index (χ3n) is 6.65. The molecule has 0 aromatic heterocycles. The number of carboxylic acids is 1. The predicted molar refractivity (Wildman–Crippen MR) is 89.9 cm³/mol. The molecule has 5 aliphatic rings. The summed E-state index contributed by atoms with van der Waals surface area (Å²) in [4.78, 5) is 37.9. The van der Waals surface area contributed by atoms with Crippen LogP contribution in [0, 0.1) is 11.3 Å². The van der Waals surface area contributed by atoms with Crippen LogP contribution < -0.4 is 10.6 Å². The summed E-state index contributed by atoms with van der Waals surface area (Å²) in [6.45, 7) is 1.75. The summed E-state index contributed by atoms with van der Waals surface area (Å²) in [5.74, 6) is -0.452. The summed E-state index contributed by atoms with van der Waals surface area (Å²) >= 11 is 0. The van der Waals surface area contributed by atoms with Crippen molar-refractivity contribution in [2.24, 2.45) is 11.3 Å². The van der Waals surface area contributed by atoms with Gasteiger partial charge in [0.25, 0.3) is 0 Å². The topological polar surface area (TPSA) is 98.7 Å². The number of hydrogen-bond acceptors (Lipinski definition) is 3. The van der Waals surface area contributed by atoms with Crippen molar-refractivity contribution in [1.82, 2.24) is 15.5 Å². The molecule has 0 spiro atoms. The Labute approximate surface area is 147 Å². The van der Waals surface area contributed by atoms with Gasteiger partial charge in [0.05, 0.1) is 5.41 Å². The molecule has 0 aromatic carbocycles. The third kappa shape index (κ3) is 2.87. The lowest BCUT2D eigenvalue weighted by Crippen LogP contribution is -2.77. The maximum atomic E-state index is 12.6. The molecule has 2 bridgehead atoms. The Balaban J connectivity index is 1.21. The van der Waals surface area contributed by atoms with E-state index < -0.39 is 11.4 Å². The summed E-state index contributed by atoms with van der Waals surface area (Å²) < 4.78 is 0. The zero-order valence-electron chi connectivity index (χ0n) is 14.6. The first-order valence-electron chi connectivity index (χ1n) is 9.52. The summed E-state index contributed by atoms with van der Waals surface area (Å²) in [6.07, 6.45) is 7.44. The molecule has 4 aliphatic carbocycles. The van der Waals surface area contributed by atoms with Crippen LogP contribution in [0.4, 0.5) is 4.79 Å². The smallest absolute Gasteiger partial charge is 0.315 e. The Hall–Kier alpha value is -1.79. The molecule has 7 heteroatoms. The molecule has 1 heterocycles. The molecule has 0 aromatic rings. The molecule has 4 saturated carbocycles. The molecule has 3 N–H and O–H groups in total. The number of rotatable bonds is 4. The van der Waals surface area contributed by atoms with Crippen molar-refractivity contribution in [2.45, 2.75) is 69.4 Å². The van der Waals surface area contributed by atoms with Gasteiger partial charge in [-0.3, -0.25) is 9.59 Å². The molecule has 0 unspecified atom stereocenters. The van der Waals surface area contributed by atoms with Gasteiger partial charge in [-0.25, -0.2) is 4.79 Å². The second-order valence-electron chi connectivity index (χ2n) is 8.59. The number of nitrogens with one attached hydrogen (secondary N) is 2. The fourth-order valence-electron chi connectivity index (χ4n) is 5.32. The second-order valence-corrected chi connectivity index (χ2v) is 8.59. The van der Waals surface area contributed by atoms with E-state index in [-0.39, 0.29) is 29.4 Å². The van der Waals surface area contributed by atoms with Crippen molar-refractivity contribution < 1.29 is 19.5 Å². The highest BCUT2D eigenvalue weighted by Gasteiger charge is 2.72. The van der Waals surface area contributed by atoms with Crippen LogP contribution in [0.3, 0.4) is 0 Å². The van der Waals surface area contributed by atoms with Crippen molar-refractivity contribution >= 4 is 17.9 Å². The number of carbonyl (C=O) groups is 3. The number of nitrogens with zero attached hydrogens (tertiary/aromatic N) is 1. The standard InChI is InChI=1S/C18H27N3O4/c22-14(21-6-2-1-3-7-21)12-4-5-13(8-12)19-16(25)20-18-9-17(10-18,11-18)15(23)24/h12-13H,1-11H2,(H,23,24)(H2,19,20,25)/t12-,13+,17?,18?/m0/s1. The Morgan fingerprint density at radius 2 is 1.68 bits per heavy atom. The van der Waals surface area contributed by atoms with Gasteiger partial charge in [-0.15, -0.1) is 0 Å². The van der Waals surface area contributed by atoms with Crippen LogP contribution in [0.25, 0.3) is 0 Å². The second kappa shape index (κ2) is 5.88. The third-order valence-corrected chi connectivity index (χ3v) is 6.65. The summed E-state index contributed by atoms with van der Waals surface area (Å²) in [6, 6.07) is -0.172. The fraction of sp³-hybridized carbons (Fsp3) is 0.833. The van der Waals surface area contributed by atoms with E-state index in [1.807, 2.05) is 4.90 Å². The Bertz CT molecular complexity index is 579. The minimum Gasteiger partial charge on any atom is -0.481 e. The minimum atomic E-state index is -0.744. The highest BCUT2D eigenvalue weighted by atomic mass is 16.4. The van der Waals surface area contributed by atoms with Crippen molar-refractivity contribution in [3.05, 3.63) is 0 Å². The van der Waals surface area contributed by atoms with Gasteiger partial charge in [0, 0.05) is 30.6 Å². The molecular weight excluding hydrogens is 322 g/mol. The van der Waals surface area contributed by atoms with Crippen molar-refractivity contribution in [3.63, 3.8) is 0 Å². The lowest BCUT2D eigenvalue weighted by molar-refractivity contribution is -0.196. The van der Waals surface area contributed by atoms with Crippen LogP contribution >= 0.6 is 0 Å². The van der Waals surface area contributed by atoms with Crippen LogP contribution in [-0.4, -0.2) is 52.6 Å². The minimum absolute atomic E-state index is 0.0358. The van der Waals surface area contributed by atoms with Gasteiger partial charge in [0.15, 0.2) is 0 Å². The van der Waals surface area contributed by atoms with Gasteiger partial charge in [-0.2, -0.15) is 0 Å². The quantitative estimate of drug-likeness (QED) is 0.716. The van der Waals surface area contributed by atoms with E-state index in [4.69, 9.17) is 5.11 Å². The van der Waals surface area contributed by atoms with Gasteiger partial charge in [-0.05, 0) is 57.8 Å². The highest BCUT2D eigenvalue weighted by Crippen LogP contribution is 2.67. The van der Waals surface area contributed by atoms with Crippen LogP contribution in [0.5, 0.6) is 0 Å². The molecule has 2 atom stereocenters. The number of likely N-dealkylation sites (tertiary alicyclic amines) is 1. The molecule has 3 amide bonds. The van der Waals surface area contributed by atoms with Gasteiger partial charge in [0.1, 0.15) is 0 Å².